The van der Waals surface area contributed by atoms with Gasteiger partial charge in [0.05, 0.1) is 12.1 Å². The second kappa shape index (κ2) is 8.54. The summed E-state index contributed by atoms with van der Waals surface area (Å²) in [6, 6.07) is 0.202. The van der Waals surface area contributed by atoms with E-state index < -0.39 is 0 Å². The maximum absolute atomic E-state index is 5.96. The highest BCUT2D eigenvalue weighted by atomic mass is 16.5. The fraction of sp³-hybridized carbons (Fsp3) is 0.824. The van der Waals surface area contributed by atoms with Crippen molar-refractivity contribution in [3.63, 3.8) is 0 Å². The normalized spacial score (nSPS) is 19.6. The van der Waals surface area contributed by atoms with Gasteiger partial charge in [0, 0.05) is 26.0 Å². The number of nitrogens with one attached hydrogen (secondary N) is 1. The fourth-order valence-corrected chi connectivity index (χ4v) is 3.58. The third-order valence-corrected chi connectivity index (χ3v) is 4.70. The summed E-state index contributed by atoms with van der Waals surface area (Å²) >= 11 is 0. The topological polar surface area (TPSA) is 39.1 Å². The molecule has 0 saturated heterocycles. The predicted molar refractivity (Wildman–Crippen MR) is 86.3 cm³/mol. The first-order valence-electron chi connectivity index (χ1n) is 8.59. The monoisotopic (exact) mass is 293 g/mol. The van der Waals surface area contributed by atoms with Gasteiger partial charge in [0.1, 0.15) is 5.82 Å². The van der Waals surface area contributed by atoms with Crippen molar-refractivity contribution in [3.05, 3.63) is 18.2 Å². The third-order valence-electron chi connectivity index (χ3n) is 4.70. The zero-order valence-electron chi connectivity index (χ0n) is 13.8. The standard InChI is InChI=1S/C17H31N3O/c1-4-11-18-15(17-19-12-13-20(17)5-2)16(21-3)14-9-7-6-8-10-14/h12-16,18H,4-11H2,1-3H3. The molecule has 1 aliphatic rings. The van der Waals surface area contributed by atoms with E-state index in [1.165, 1.54) is 32.1 Å². The van der Waals surface area contributed by atoms with Gasteiger partial charge in [0.2, 0.25) is 0 Å². The quantitative estimate of drug-likeness (QED) is 0.797. The van der Waals surface area contributed by atoms with Gasteiger partial charge in [-0.2, -0.15) is 0 Å². The Hall–Kier alpha value is -0.870. The maximum Gasteiger partial charge on any atom is 0.128 e. The van der Waals surface area contributed by atoms with Crippen LogP contribution in [-0.4, -0.2) is 29.3 Å². The van der Waals surface area contributed by atoms with Crippen molar-refractivity contribution in [1.29, 1.82) is 0 Å². The van der Waals surface area contributed by atoms with Gasteiger partial charge in [-0.25, -0.2) is 4.98 Å². The van der Waals surface area contributed by atoms with Crippen molar-refractivity contribution < 1.29 is 4.74 Å². The minimum Gasteiger partial charge on any atom is -0.379 e. The van der Waals surface area contributed by atoms with Crippen LogP contribution in [0.1, 0.15) is 64.2 Å². The second-order valence-electron chi connectivity index (χ2n) is 6.10. The predicted octanol–water partition coefficient (Wildman–Crippen LogP) is 3.54. The van der Waals surface area contributed by atoms with Crippen molar-refractivity contribution in [1.82, 2.24) is 14.9 Å². The van der Waals surface area contributed by atoms with E-state index in [0.29, 0.717) is 5.92 Å². The number of rotatable bonds is 8. The van der Waals surface area contributed by atoms with E-state index >= 15 is 0 Å². The van der Waals surface area contributed by atoms with Gasteiger partial charge in [0.25, 0.3) is 0 Å². The molecule has 1 saturated carbocycles. The van der Waals surface area contributed by atoms with Crippen LogP contribution in [0, 0.1) is 5.92 Å². The summed E-state index contributed by atoms with van der Waals surface area (Å²) < 4.78 is 8.19. The molecular formula is C17H31N3O. The highest BCUT2D eigenvalue weighted by Gasteiger charge is 2.33. The molecule has 2 unspecified atom stereocenters. The summed E-state index contributed by atoms with van der Waals surface area (Å²) in [4.78, 5) is 4.62. The van der Waals surface area contributed by atoms with E-state index in [1.54, 1.807) is 0 Å². The van der Waals surface area contributed by atoms with Crippen molar-refractivity contribution in [2.45, 2.75) is 71.1 Å². The van der Waals surface area contributed by atoms with Crippen LogP contribution in [-0.2, 0) is 11.3 Å². The molecule has 0 amide bonds. The number of aryl methyl sites for hydroxylation is 1. The first-order valence-corrected chi connectivity index (χ1v) is 8.59. The molecule has 1 aliphatic carbocycles. The van der Waals surface area contributed by atoms with Crippen LogP contribution in [0.15, 0.2) is 12.4 Å². The van der Waals surface area contributed by atoms with E-state index in [4.69, 9.17) is 4.74 Å². The minimum absolute atomic E-state index is 0.202. The summed E-state index contributed by atoms with van der Waals surface area (Å²) in [5.41, 5.74) is 0. The van der Waals surface area contributed by atoms with Crippen LogP contribution in [0.2, 0.25) is 0 Å². The SMILES string of the molecule is CCCNC(c1nccn1CC)C(OC)C1CCCCC1. The number of nitrogens with zero attached hydrogens (tertiary/aromatic N) is 2. The van der Waals surface area contributed by atoms with E-state index in [2.05, 4.69) is 34.9 Å². The Morgan fingerprint density at radius 1 is 1.33 bits per heavy atom. The molecule has 0 radical (unpaired) electrons. The van der Waals surface area contributed by atoms with Gasteiger partial charge in [0.15, 0.2) is 0 Å². The highest BCUT2D eigenvalue weighted by molar-refractivity contribution is 5.04. The van der Waals surface area contributed by atoms with Gasteiger partial charge < -0.3 is 14.6 Å². The smallest absolute Gasteiger partial charge is 0.128 e. The molecule has 1 fully saturated rings. The zero-order valence-corrected chi connectivity index (χ0v) is 13.8. The third kappa shape index (κ3) is 4.07. The maximum atomic E-state index is 5.96. The number of ether oxygens (including phenoxy) is 1. The number of imidazole rings is 1. The Morgan fingerprint density at radius 2 is 2.10 bits per heavy atom. The number of hydrogen-bond acceptors (Lipinski definition) is 3. The summed E-state index contributed by atoms with van der Waals surface area (Å²) in [6.45, 7) is 6.35. The first-order chi connectivity index (χ1) is 10.3. The van der Waals surface area contributed by atoms with E-state index in [0.717, 1.165) is 25.3 Å². The summed E-state index contributed by atoms with van der Waals surface area (Å²) in [5.74, 6) is 1.78. The Kier molecular flexibility index (Phi) is 6.71. The lowest BCUT2D eigenvalue weighted by molar-refractivity contribution is 0.00457. The van der Waals surface area contributed by atoms with Crippen LogP contribution in [0.3, 0.4) is 0 Å². The molecule has 0 spiro atoms. The van der Waals surface area contributed by atoms with E-state index in [-0.39, 0.29) is 12.1 Å². The summed E-state index contributed by atoms with van der Waals surface area (Å²) in [7, 11) is 1.86. The molecule has 2 rings (SSSR count). The molecule has 1 N–H and O–H groups in total. The van der Waals surface area contributed by atoms with Gasteiger partial charge in [-0.15, -0.1) is 0 Å². The lowest BCUT2D eigenvalue weighted by Gasteiger charge is -2.35. The van der Waals surface area contributed by atoms with Crippen LogP contribution in [0.5, 0.6) is 0 Å². The molecular weight excluding hydrogens is 262 g/mol. The molecule has 0 aromatic carbocycles. The molecule has 4 heteroatoms. The molecule has 4 nitrogen and oxygen atoms in total. The highest BCUT2D eigenvalue weighted by Crippen LogP contribution is 2.33. The van der Waals surface area contributed by atoms with Crippen molar-refractivity contribution in [3.8, 4) is 0 Å². The molecule has 120 valence electrons. The van der Waals surface area contributed by atoms with Crippen molar-refractivity contribution in [2.75, 3.05) is 13.7 Å². The number of methoxy groups -OCH3 is 1. The molecule has 0 aliphatic heterocycles. The second-order valence-corrected chi connectivity index (χ2v) is 6.10. The lowest BCUT2D eigenvalue weighted by atomic mass is 9.82. The summed E-state index contributed by atoms with van der Waals surface area (Å²) in [5, 5.41) is 3.69. The Bertz CT molecular complexity index is 398. The van der Waals surface area contributed by atoms with Crippen LogP contribution in [0.25, 0.3) is 0 Å². The Morgan fingerprint density at radius 3 is 2.71 bits per heavy atom. The molecule has 1 aromatic heterocycles. The van der Waals surface area contributed by atoms with Crippen LogP contribution < -0.4 is 5.32 Å². The average molecular weight is 293 g/mol. The van der Waals surface area contributed by atoms with Crippen LogP contribution in [0.4, 0.5) is 0 Å². The average Bonchev–Trinajstić information content (AvgIpc) is 3.00. The van der Waals surface area contributed by atoms with Crippen LogP contribution >= 0.6 is 0 Å². The van der Waals surface area contributed by atoms with Gasteiger partial charge in [-0.3, -0.25) is 0 Å². The molecule has 1 aromatic rings. The minimum atomic E-state index is 0.202. The fourth-order valence-electron chi connectivity index (χ4n) is 3.58. The van der Waals surface area contributed by atoms with Crippen molar-refractivity contribution >= 4 is 0 Å². The van der Waals surface area contributed by atoms with E-state index in [9.17, 15) is 0 Å². The van der Waals surface area contributed by atoms with Gasteiger partial charge >= 0.3 is 0 Å². The van der Waals surface area contributed by atoms with Crippen molar-refractivity contribution in [2.24, 2.45) is 5.92 Å². The Labute approximate surface area is 129 Å². The number of aromatic nitrogens is 2. The molecule has 21 heavy (non-hydrogen) atoms. The first kappa shape index (κ1) is 16.5. The zero-order chi connectivity index (χ0) is 15.1. The van der Waals surface area contributed by atoms with Gasteiger partial charge in [-0.1, -0.05) is 26.2 Å². The van der Waals surface area contributed by atoms with Gasteiger partial charge in [-0.05, 0) is 38.6 Å². The molecule has 2 atom stereocenters. The van der Waals surface area contributed by atoms with E-state index in [1.807, 2.05) is 13.3 Å². The largest absolute Gasteiger partial charge is 0.379 e. The lowest BCUT2D eigenvalue weighted by Crippen LogP contribution is -2.41. The summed E-state index contributed by atoms with van der Waals surface area (Å²) in [6.07, 6.45) is 12.0. The molecule has 1 heterocycles. The Balaban J connectivity index is 2.19. The molecule has 0 bridgehead atoms. The number of hydrogen-bond donors (Lipinski definition) is 1.